The fraction of sp³-hybridized carbons (Fsp3) is 0.154. The molecule has 88 valence electrons. The molecule has 0 atom stereocenters. The maximum absolute atomic E-state index is 5.66. The first kappa shape index (κ1) is 12.1. The van der Waals surface area contributed by atoms with Crippen LogP contribution in [0, 0.1) is 6.92 Å². The predicted octanol–water partition coefficient (Wildman–Crippen LogP) is 3.40. The van der Waals surface area contributed by atoms with Crippen LogP contribution in [0.1, 0.15) is 11.3 Å². The van der Waals surface area contributed by atoms with Crippen LogP contribution in [0.15, 0.2) is 40.9 Å². The van der Waals surface area contributed by atoms with Crippen LogP contribution in [0.3, 0.4) is 0 Å². The summed E-state index contributed by atoms with van der Waals surface area (Å²) in [6.07, 6.45) is 0. The zero-order valence-corrected chi connectivity index (χ0v) is 11.1. The molecule has 0 unspecified atom stereocenters. The van der Waals surface area contributed by atoms with E-state index in [-0.39, 0.29) is 0 Å². The van der Waals surface area contributed by atoms with Crippen molar-refractivity contribution in [1.29, 1.82) is 0 Å². The van der Waals surface area contributed by atoms with E-state index in [9.17, 15) is 0 Å². The number of aromatic nitrogens is 1. The lowest BCUT2D eigenvalue weighted by Crippen LogP contribution is -2.01. The second kappa shape index (κ2) is 5.29. The van der Waals surface area contributed by atoms with Gasteiger partial charge in [0, 0.05) is 22.8 Å². The van der Waals surface area contributed by atoms with E-state index in [0.29, 0.717) is 12.4 Å². The van der Waals surface area contributed by atoms with Crippen LogP contribution in [0.4, 0.5) is 0 Å². The molecule has 2 N–H and O–H groups in total. The summed E-state index contributed by atoms with van der Waals surface area (Å²) in [5.74, 6) is 1.34. The van der Waals surface area contributed by atoms with Crippen molar-refractivity contribution in [2.45, 2.75) is 13.5 Å². The topological polar surface area (TPSA) is 48.1 Å². The fourth-order valence-electron chi connectivity index (χ4n) is 1.49. The highest BCUT2D eigenvalue weighted by Gasteiger charge is 2.02. The van der Waals surface area contributed by atoms with Gasteiger partial charge in [-0.25, -0.2) is 4.98 Å². The number of halogens is 1. The van der Waals surface area contributed by atoms with Gasteiger partial charge in [0.2, 0.25) is 5.88 Å². The van der Waals surface area contributed by atoms with Crippen LogP contribution in [0.2, 0.25) is 0 Å². The number of aryl methyl sites for hydroxylation is 1. The van der Waals surface area contributed by atoms with Gasteiger partial charge in [-0.3, -0.25) is 0 Å². The van der Waals surface area contributed by atoms with Gasteiger partial charge in [0.15, 0.2) is 0 Å². The largest absolute Gasteiger partial charge is 0.439 e. The van der Waals surface area contributed by atoms with Crippen molar-refractivity contribution in [3.05, 3.63) is 52.1 Å². The highest BCUT2D eigenvalue weighted by molar-refractivity contribution is 9.10. The first-order chi connectivity index (χ1) is 8.19. The Labute approximate surface area is 109 Å². The SMILES string of the molecule is Cc1nc(Oc2cccc(Br)c2)ccc1CN. The number of benzene rings is 1. The molecule has 4 heteroatoms. The average Bonchev–Trinajstić information content (AvgIpc) is 2.29. The molecule has 1 heterocycles. The summed E-state index contributed by atoms with van der Waals surface area (Å²) in [6, 6.07) is 11.4. The van der Waals surface area contributed by atoms with Gasteiger partial charge in [0.05, 0.1) is 0 Å². The minimum absolute atomic E-state index is 0.496. The monoisotopic (exact) mass is 292 g/mol. The second-order valence-corrected chi connectivity index (χ2v) is 4.57. The molecule has 1 aromatic heterocycles. The molecule has 0 saturated carbocycles. The van der Waals surface area contributed by atoms with Gasteiger partial charge in [-0.2, -0.15) is 0 Å². The molecule has 0 radical (unpaired) electrons. The Balaban J connectivity index is 2.22. The van der Waals surface area contributed by atoms with Gasteiger partial charge in [-0.15, -0.1) is 0 Å². The number of nitrogens with zero attached hydrogens (tertiary/aromatic N) is 1. The molecule has 17 heavy (non-hydrogen) atoms. The van der Waals surface area contributed by atoms with Gasteiger partial charge in [0.25, 0.3) is 0 Å². The highest BCUT2D eigenvalue weighted by atomic mass is 79.9. The first-order valence-electron chi connectivity index (χ1n) is 5.29. The molecule has 1 aromatic carbocycles. The van der Waals surface area contributed by atoms with Gasteiger partial charge >= 0.3 is 0 Å². The van der Waals surface area contributed by atoms with Gasteiger partial charge < -0.3 is 10.5 Å². The van der Waals surface area contributed by atoms with Gasteiger partial charge in [0.1, 0.15) is 5.75 Å². The molecule has 2 rings (SSSR count). The highest BCUT2D eigenvalue weighted by Crippen LogP contribution is 2.23. The van der Waals surface area contributed by atoms with E-state index in [1.165, 1.54) is 0 Å². The molecule has 0 aliphatic heterocycles. The summed E-state index contributed by atoms with van der Waals surface area (Å²) in [5, 5.41) is 0. The van der Waals surface area contributed by atoms with Crippen molar-refractivity contribution in [3.63, 3.8) is 0 Å². The lowest BCUT2D eigenvalue weighted by molar-refractivity contribution is 0.461. The van der Waals surface area contributed by atoms with Crippen molar-refractivity contribution in [2.75, 3.05) is 0 Å². The summed E-state index contributed by atoms with van der Waals surface area (Å²) in [7, 11) is 0. The van der Waals surface area contributed by atoms with Crippen molar-refractivity contribution in [1.82, 2.24) is 4.98 Å². The lowest BCUT2D eigenvalue weighted by atomic mass is 10.2. The third kappa shape index (κ3) is 3.05. The summed E-state index contributed by atoms with van der Waals surface area (Å²) in [6.45, 7) is 2.42. The molecule has 0 bridgehead atoms. The van der Waals surface area contributed by atoms with E-state index in [2.05, 4.69) is 20.9 Å². The molecule has 2 aromatic rings. The molecular formula is C13H13BrN2O. The Morgan fingerprint density at radius 2 is 2.12 bits per heavy atom. The Hall–Kier alpha value is -1.39. The minimum Gasteiger partial charge on any atom is -0.439 e. The summed E-state index contributed by atoms with van der Waals surface area (Å²) in [4.78, 5) is 4.35. The Morgan fingerprint density at radius 3 is 2.76 bits per heavy atom. The van der Waals surface area contributed by atoms with Crippen LogP contribution >= 0.6 is 15.9 Å². The van der Waals surface area contributed by atoms with Crippen LogP contribution in [-0.2, 0) is 6.54 Å². The van der Waals surface area contributed by atoms with E-state index in [1.54, 1.807) is 0 Å². The molecule has 0 saturated heterocycles. The van der Waals surface area contributed by atoms with E-state index in [0.717, 1.165) is 21.5 Å². The predicted molar refractivity (Wildman–Crippen MR) is 71.1 cm³/mol. The molecule has 3 nitrogen and oxygen atoms in total. The number of ether oxygens (including phenoxy) is 1. The van der Waals surface area contributed by atoms with Crippen molar-refractivity contribution in [2.24, 2.45) is 5.73 Å². The first-order valence-corrected chi connectivity index (χ1v) is 6.08. The number of pyridine rings is 1. The zero-order chi connectivity index (χ0) is 12.3. The summed E-state index contributed by atoms with van der Waals surface area (Å²) in [5.41, 5.74) is 7.52. The number of nitrogens with two attached hydrogens (primary N) is 1. The third-order valence-corrected chi connectivity index (χ3v) is 2.90. The molecule has 0 amide bonds. The fourth-order valence-corrected chi connectivity index (χ4v) is 1.87. The van der Waals surface area contributed by atoms with Crippen LogP contribution in [0.5, 0.6) is 11.6 Å². The van der Waals surface area contributed by atoms with E-state index in [1.807, 2.05) is 43.3 Å². The lowest BCUT2D eigenvalue weighted by Gasteiger charge is -2.07. The molecule has 0 aliphatic rings. The smallest absolute Gasteiger partial charge is 0.219 e. The average molecular weight is 293 g/mol. The Morgan fingerprint density at radius 1 is 1.29 bits per heavy atom. The molecular weight excluding hydrogens is 280 g/mol. The van der Waals surface area contributed by atoms with E-state index < -0.39 is 0 Å². The number of rotatable bonds is 3. The Bertz CT molecular complexity index is 529. The maximum atomic E-state index is 5.66. The third-order valence-electron chi connectivity index (χ3n) is 2.41. The number of hydrogen-bond acceptors (Lipinski definition) is 3. The standard InChI is InChI=1S/C13H13BrN2O/c1-9-10(8-15)5-6-13(16-9)17-12-4-2-3-11(14)7-12/h2-7H,8,15H2,1H3. The van der Waals surface area contributed by atoms with E-state index in [4.69, 9.17) is 10.5 Å². The summed E-state index contributed by atoms with van der Waals surface area (Å²) >= 11 is 3.40. The van der Waals surface area contributed by atoms with Crippen LogP contribution < -0.4 is 10.5 Å². The molecule has 0 spiro atoms. The van der Waals surface area contributed by atoms with Crippen molar-refractivity contribution < 1.29 is 4.74 Å². The van der Waals surface area contributed by atoms with E-state index >= 15 is 0 Å². The quantitative estimate of drug-likeness (QED) is 0.943. The van der Waals surface area contributed by atoms with Crippen LogP contribution in [0.25, 0.3) is 0 Å². The molecule has 0 fully saturated rings. The van der Waals surface area contributed by atoms with Crippen molar-refractivity contribution in [3.8, 4) is 11.6 Å². The van der Waals surface area contributed by atoms with Crippen molar-refractivity contribution >= 4 is 15.9 Å². The van der Waals surface area contributed by atoms with Gasteiger partial charge in [-0.05, 0) is 30.7 Å². The maximum Gasteiger partial charge on any atom is 0.219 e. The normalized spacial score (nSPS) is 10.3. The van der Waals surface area contributed by atoms with Gasteiger partial charge in [-0.1, -0.05) is 28.1 Å². The minimum atomic E-state index is 0.496. The zero-order valence-electron chi connectivity index (χ0n) is 9.48. The summed E-state index contributed by atoms with van der Waals surface area (Å²) < 4.78 is 6.63. The molecule has 0 aliphatic carbocycles. The second-order valence-electron chi connectivity index (χ2n) is 3.66. The van der Waals surface area contributed by atoms with Crippen LogP contribution in [-0.4, -0.2) is 4.98 Å². The number of hydrogen-bond donors (Lipinski definition) is 1. The Kier molecular flexibility index (Phi) is 3.76.